The van der Waals surface area contributed by atoms with Crippen LogP contribution in [-0.2, 0) is 4.79 Å². The lowest BCUT2D eigenvalue weighted by Gasteiger charge is -2.16. The first-order valence-electron chi connectivity index (χ1n) is 8.09. The topological polar surface area (TPSA) is 82.0 Å². The molecular weight excluding hydrogens is 318 g/mol. The smallest absolute Gasteiger partial charge is 0.337 e. The molecule has 1 amide bonds. The molecule has 6 heteroatoms. The van der Waals surface area contributed by atoms with E-state index >= 15 is 0 Å². The molecule has 0 spiro atoms. The summed E-state index contributed by atoms with van der Waals surface area (Å²) in [6.45, 7) is 2.57. The van der Waals surface area contributed by atoms with Gasteiger partial charge in [0.05, 0.1) is 17.0 Å². The number of benzene rings is 2. The van der Waals surface area contributed by atoms with E-state index in [2.05, 4.69) is 10.5 Å². The minimum Gasteiger partial charge on any atom is -0.478 e. The molecule has 1 fully saturated rings. The van der Waals surface area contributed by atoms with Crippen molar-refractivity contribution >= 4 is 29.0 Å². The number of nitrogens with one attached hydrogen (secondary N) is 1. The standard InChI is InChI=1S/C19H19N3O3/c1-13(20-21-17-9-3-2-8-16(17)19(24)25)14-6-4-7-15(12-14)22-11-5-10-18(22)23/h2-4,6-9,12,21H,5,10-11H2,1H3,(H,24,25)/b20-13-. The zero-order valence-electron chi connectivity index (χ0n) is 13.9. The van der Waals surface area contributed by atoms with E-state index in [4.69, 9.17) is 0 Å². The zero-order valence-corrected chi connectivity index (χ0v) is 13.9. The van der Waals surface area contributed by atoms with Crippen LogP contribution in [0.2, 0.25) is 0 Å². The Morgan fingerprint density at radius 3 is 2.72 bits per heavy atom. The van der Waals surface area contributed by atoms with Gasteiger partial charge in [-0.2, -0.15) is 5.10 Å². The van der Waals surface area contributed by atoms with E-state index in [1.165, 1.54) is 6.07 Å². The number of anilines is 2. The predicted molar refractivity (Wildman–Crippen MR) is 97.3 cm³/mol. The van der Waals surface area contributed by atoms with Crippen LogP contribution >= 0.6 is 0 Å². The fourth-order valence-corrected chi connectivity index (χ4v) is 2.80. The monoisotopic (exact) mass is 337 g/mol. The molecule has 25 heavy (non-hydrogen) atoms. The highest BCUT2D eigenvalue weighted by Crippen LogP contribution is 2.23. The summed E-state index contributed by atoms with van der Waals surface area (Å²) in [6, 6.07) is 14.2. The number of carbonyl (C=O) groups is 2. The van der Waals surface area contributed by atoms with Crippen LogP contribution in [0.15, 0.2) is 53.6 Å². The van der Waals surface area contributed by atoms with E-state index in [1.54, 1.807) is 23.1 Å². The Balaban J connectivity index is 1.81. The van der Waals surface area contributed by atoms with E-state index in [0.29, 0.717) is 17.8 Å². The van der Waals surface area contributed by atoms with Crippen molar-refractivity contribution in [3.05, 3.63) is 59.7 Å². The van der Waals surface area contributed by atoms with Gasteiger partial charge in [-0.25, -0.2) is 4.79 Å². The molecule has 0 bridgehead atoms. The van der Waals surface area contributed by atoms with E-state index in [0.717, 1.165) is 24.2 Å². The summed E-state index contributed by atoms with van der Waals surface area (Å²) < 4.78 is 0. The van der Waals surface area contributed by atoms with Crippen LogP contribution in [0.25, 0.3) is 0 Å². The first-order valence-corrected chi connectivity index (χ1v) is 8.09. The second kappa shape index (κ2) is 7.17. The van der Waals surface area contributed by atoms with Gasteiger partial charge in [0.1, 0.15) is 0 Å². The van der Waals surface area contributed by atoms with Gasteiger partial charge in [0, 0.05) is 18.7 Å². The molecule has 2 aromatic rings. The van der Waals surface area contributed by atoms with Crippen LogP contribution in [-0.4, -0.2) is 29.2 Å². The normalized spacial score (nSPS) is 14.7. The van der Waals surface area contributed by atoms with Gasteiger partial charge in [0.25, 0.3) is 0 Å². The molecule has 3 rings (SSSR count). The second-order valence-electron chi connectivity index (χ2n) is 5.86. The molecule has 2 aromatic carbocycles. The molecule has 128 valence electrons. The highest BCUT2D eigenvalue weighted by atomic mass is 16.4. The molecular formula is C19H19N3O3. The molecule has 0 aliphatic carbocycles. The Bertz CT molecular complexity index is 845. The van der Waals surface area contributed by atoms with E-state index in [1.807, 2.05) is 31.2 Å². The molecule has 6 nitrogen and oxygen atoms in total. The maximum Gasteiger partial charge on any atom is 0.337 e. The van der Waals surface area contributed by atoms with Crippen molar-refractivity contribution < 1.29 is 14.7 Å². The van der Waals surface area contributed by atoms with Crippen molar-refractivity contribution in [2.45, 2.75) is 19.8 Å². The van der Waals surface area contributed by atoms with E-state index in [9.17, 15) is 14.7 Å². The number of hydrogen-bond acceptors (Lipinski definition) is 4. The largest absolute Gasteiger partial charge is 0.478 e. The quantitative estimate of drug-likeness (QED) is 0.647. The van der Waals surface area contributed by atoms with Crippen LogP contribution in [0.3, 0.4) is 0 Å². The Hall–Kier alpha value is -3.15. The number of amides is 1. The minimum absolute atomic E-state index is 0.139. The third-order valence-electron chi connectivity index (χ3n) is 4.15. The van der Waals surface area contributed by atoms with Crippen molar-refractivity contribution in [3.8, 4) is 0 Å². The number of hydrazone groups is 1. The van der Waals surface area contributed by atoms with Crippen molar-refractivity contribution in [3.63, 3.8) is 0 Å². The summed E-state index contributed by atoms with van der Waals surface area (Å²) in [5.41, 5.74) is 5.85. The van der Waals surface area contributed by atoms with Gasteiger partial charge >= 0.3 is 5.97 Å². The molecule has 0 atom stereocenters. The van der Waals surface area contributed by atoms with Gasteiger partial charge in [-0.15, -0.1) is 0 Å². The summed E-state index contributed by atoms with van der Waals surface area (Å²) in [4.78, 5) is 24.9. The molecule has 0 aromatic heterocycles. The van der Waals surface area contributed by atoms with Gasteiger partial charge in [0.2, 0.25) is 5.91 Å². The number of aromatic carboxylic acids is 1. The summed E-state index contributed by atoms with van der Waals surface area (Å²) >= 11 is 0. The Kier molecular flexibility index (Phi) is 4.79. The van der Waals surface area contributed by atoms with Crippen LogP contribution in [0, 0.1) is 0 Å². The average Bonchev–Trinajstić information content (AvgIpc) is 3.06. The van der Waals surface area contributed by atoms with Crippen LogP contribution in [0.1, 0.15) is 35.7 Å². The van der Waals surface area contributed by atoms with Gasteiger partial charge in [-0.1, -0.05) is 24.3 Å². The summed E-state index contributed by atoms with van der Waals surface area (Å²) in [7, 11) is 0. The molecule has 0 radical (unpaired) electrons. The van der Waals surface area contributed by atoms with Gasteiger partial charge in [-0.05, 0) is 43.2 Å². The first-order chi connectivity index (χ1) is 12.1. The number of carbonyl (C=O) groups excluding carboxylic acids is 1. The fraction of sp³-hybridized carbons (Fsp3) is 0.211. The van der Waals surface area contributed by atoms with Gasteiger partial charge in [-0.3, -0.25) is 10.2 Å². The van der Waals surface area contributed by atoms with Crippen molar-refractivity contribution in [1.29, 1.82) is 0 Å². The highest BCUT2D eigenvalue weighted by molar-refractivity contribution is 6.02. The van der Waals surface area contributed by atoms with Crippen LogP contribution in [0.5, 0.6) is 0 Å². The van der Waals surface area contributed by atoms with Crippen molar-refractivity contribution in [2.75, 3.05) is 16.9 Å². The Morgan fingerprint density at radius 1 is 1.20 bits per heavy atom. The molecule has 1 heterocycles. The van der Waals surface area contributed by atoms with Gasteiger partial charge < -0.3 is 10.0 Å². The predicted octanol–water partition coefficient (Wildman–Crippen LogP) is 3.35. The number of hydrogen-bond donors (Lipinski definition) is 2. The average molecular weight is 337 g/mol. The molecule has 1 aliphatic heterocycles. The maximum atomic E-state index is 11.9. The third-order valence-corrected chi connectivity index (χ3v) is 4.15. The second-order valence-corrected chi connectivity index (χ2v) is 5.86. The summed E-state index contributed by atoms with van der Waals surface area (Å²) in [5, 5.41) is 13.5. The van der Waals surface area contributed by atoms with Crippen LogP contribution in [0.4, 0.5) is 11.4 Å². The number of nitrogens with zero attached hydrogens (tertiary/aromatic N) is 2. The molecule has 2 N–H and O–H groups in total. The minimum atomic E-state index is -1.01. The molecule has 0 saturated carbocycles. The van der Waals surface area contributed by atoms with Crippen molar-refractivity contribution in [1.82, 2.24) is 0 Å². The number of rotatable bonds is 5. The van der Waals surface area contributed by atoms with E-state index < -0.39 is 5.97 Å². The number of para-hydroxylation sites is 1. The van der Waals surface area contributed by atoms with Crippen molar-refractivity contribution in [2.24, 2.45) is 5.10 Å². The first kappa shape index (κ1) is 16.7. The van der Waals surface area contributed by atoms with Gasteiger partial charge in [0.15, 0.2) is 0 Å². The molecule has 1 saturated heterocycles. The number of carboxylic acid groups (broad SMARTS) is 1. The third kappa shape index (κ3) is 3.68. The fourth-order valence-electron chi connectivity index (χ4n) is 2.80. The highest BCUT2D eigenvalue weighted by Gasteiger charge is 2.21. The lowest BCUT2D eigenvalue weighted by atomic mass is 10.1. The Morgan fingerprint density at radius 2 is 2.00 bits per heavy atom. The SMILES string of the molecule is C/C(=N/Nc1ccccc1C(=O)O)c1cccc(N2CCCC2=O)c1. The number of carboxylic acids is 1. The Labute approximate surface area is 145 Å². The zero-order chi connectivity index (χ0) is 17.8. The van der Waals surface area contributed by atoms with Crippen LogP contribution < -0.4 is 10.3 Å². The van der Waals surface area contributed by atoms with E-state index in [-0.39, 0.29) is 11.5 Å². The lowest BCUT2D eigenvalue weighted by molar-refractivity contribution is -0.117. The lowest BCUT2D eigenvalue weighted by Crippen LogP contribution is -2.23. The molecule has 0 unspecified atom stereocenters. The summed E-state index contributed by atoms with van der Waals surface area (Å²) in [6.07, 6.45) is 1.47. The molecule has 1 aliphatic rings. The maximum absolute atomic E-state index is 11.9. The summed E-state index contributed by atoms with van der Waals surface area (Å²) in [5.74, 6) is -0.870.